The molecule has 15 heteroatoms. The van der Waals surface area contributed by atoms with Gasteiger partial charge >= 0.3 is 12.4 Å². The summed E-state index contributed by atoms with van der Waals surface area (Å²) >= 11 is 14.9. The minimum atomic E-state index is -4.17. The van der Waals surface area contributed by atoms with Gasteiger partial charge in [0, 0.05) is 52.4 Å². The van der Waals surface area contributed by atoms with Crippen LogP contribution in [0.5, 0.6) is 0 Å². The molecule has 0 atom stereocenters. The maximum Gasteiger partial charge on any atom is 0.401 e. The first-order valence-corrected chi connectivity index (χ1v) is 10.6. The highest BCUT2D eigenvalue weighted by Crippen LogP contribution is 2.17. The number of amides is 1. The van der Waals surface area contributed by atoms with E-state index in [1.165, 1.54) is 14.7 Å². The van der Waals surface area contributed by atoms with Crippen LogP contribution in [0, 0.1) is 0 Å². The Morgan fingerprint density at radius 1 is 0.742 bits per heavy atom. The fraction of sp³-hybridized carbons (Fsp3) is 0.875. The van der Waals surface area contributed by atoms with Crippen molar-refractivity contribution in [3.63, 3.8) is 0 Å². The number of carbonyl (C=O) groups is 2. The van der Waals surface area contributed by atoms with Crippen molar-refractivity contribution < 1.29 is 35.9 Å². The van der Waals surface area contributed by atoms with Crippen molar-refractivity contribution in [1.82, 2.24) is 20.0 Å². The predicted octanol–water partition coefficient (Wildman–Crippen LogP) is 2.38. The molecule has 2 fully saturated rings. The molecule has 0 aromatic rings. The third-order valence-corrected chi connectivity index (χ3v) is 4.70. The van der Waals surface area contributed by atoms with Crippen LogP contribution >= 0.6 is 34.8 Å². The molecule has 2 aliphatic rings. The number of rotatable bonds is 4. The van der Waals surface area contributed by atoms with Crippen molar-refractivity contribution in [1.29, 1.82) is 0 Å². The largest absolute Gasteiger partial charge is 0.401 e. The first-order valence-electron chi connectivity index (χ1n) is 9.14. The van der Waals surface area contributed by atoms with Gasteiger partial charge in [0.2, 0.25) is 11.1 Å². The van der Waals surface area contributed by atoms with E-state index < -0.39 is 30.7 Å². The van der Waals surface area contributed by atoms with Crippen molar-refractivity contribution in [2.24, 2.45) is 0 Å². The average molecular weight is 526 g/mol. The third kappa shape index (κ3) is 17.7. The molecule has 0 unspecified atom stereocenters. The van der Waals surface area contributed by atoms with E-state index in [4.69, 9.17) is 34.8 Å². The van der Waals surface area contributed by atoms with E-state index in [0.717, 1.165) is 0 Å². The van der Waals surface area contributed by atoms with Gasteiger partial charge in [0.05, 0.1) is 19.0 Å². The Bertz CT molecular complexity index is 526. The van der Waals surface area contributed by atoms with Crippen LogP contribution < -0.4 is 5.32 Å². The highest BCUT2D eigenvalue weighted by Gasteiger charge is 2.33. The van der Waals surface area contributed by atoms with Gasteiger partial charge in [0.15, 0.2) is 0 Å². The smallest absolute Gasteiger partial charge is 0.339 e. The molecule has 0 aromatic heterocycles. The van der Waals surface area contributed by atoms with Crippen LogP contribution in [-0.2, 0) is 9.59 Å². The van der Waals surface area contributed by atoms with Crippen LogP contribution in [0.1, 0.15) is 0 Å². The van der Waals surface area contributed by atoms with Crippen LogP contribution in [-0.4, -0.2) is 115 Å². The zero-order valence-electron chi connectivity index (χ0n) is 16.5. The van der Waals surface area contributed by atoms with Gasteiger partial charge in [0.25, 0.3) is 0 Å². The second-order valence-electron chi connectivity index (χ2n) is 6.54. The van der Waals surface area contributed by atoms with Gasteiger partial charge in [0.1, 0.15) is 5.88 Å². The Labute approximate surface area is 191 Å². The lowest BCUT2D eigenvalue weighted by Gasteiger charge is -2.34. The van der Waals surface area contributed by atoms with E-state index in [2.05, 4.69) is 5.32 Å². The maximum absolute atomic E-state index is 12.0. The second kappa shape index (κ2) is 15.3. The van der Waals surface area contributed by atoms with E-state index in [1.54, 1.807) is 0 Å². The number of halogens is 9. The van der Waals surface area contributed by atoms with Gasteiger partial charge in [-0.2, -0.15) is 26.3 Å². The summed E-state index contributed by atoms with van der Waals surface area (Å²) in [5.74, 6) is -0.427. The quantitative estimate of drug-likeness (QED) is 0.347. The van der Waals surface area contributed by atoms with Crippen molar-refractivity contribution in [3.05, 3.63) is 0 Å². The normalized spacial score (nSPS) is 18.4. The lowest BCUT2D eigenvalue weighted by atomic mass is 10.3. The molecule has 0 radical (unpaired) electrons. The fourth-order valence-corrected chi connectivity index (χ4v) is 2.79. The maximum atomic E-state index is 12.0. The van der Waals surface area contributed by atoms with E-state index in [9.17, 15) is 35.9 Å². The molecule has 184 valence electrons. The van der Waals surface area contributed by atoms with E-state index in [1.807, 2.05) is 0 Å². The number of carbonyl (C=O) groups excluding carboxylic acids is 2. The molecule has 0 saturated carbocycles. The Kier molecular flexibility index (Phi) is 15.1. The number of hydrogen-bond donors (Lipinski definition) is 1. The van der Waals surface area contributed by atoms with Gasteiger partial charge in [-0.1, -0.05) is 0 Å². The number of nitrogens with zero attached hydrogens (tertiary/aromatic N) is 3. The highest BCUT2D eigenvalue weighted by molar-refractivity contribution is 6.67. The molecule has 6 nitrogen and oxygen atoms in total. The number of piperazine rings is 2. The van der Waals surface area contributed by atoms with Gasteiger partial charge in [-0.05, 0) is 11.6 Å². The van der Waals surface area contributed by atoms with Crippen molar-refractivity contribution in [2.75, 3.05) is 77.2 Å². The standard InChI is InChI=1S/C8H12ClF3N2O.C6H11F3N2.C2H2Cl2O/c9-5-7(15)14-3-1-13(2-4-14)6-8(10,11)12;7-6(8,9)5-11-3-1-10-2-4-11;3-1-2(4)5/h1-6H2;10H,1-5H2;1H2. The van der Waals surface area contributed by atoms with E-state index in [0.29, 0.717) is 39.3 Å². The van der Waals surface area contributed by atoms with Gasteiger partial charge < -0.3 is 10.2 Å². The predicted molar refractivity (Wildman–Crippen MR) is 107 cm³/mol. The van der Waals surface area contributed by atoms with E-state index >= 15 is 0 Å². The Hall–Kier alpha value is -0.530. The topological polar surface area (TPSA) is 55.9 Å². The van der Waals surface area contributed by atoms with Crippen molar-refractivity contribution in [3.8, 4) is 0 Å². The first-order chi connectivity index (χ1) is 14.3. The number of nitrogens with one attached hydrogen (secondary N) is 1. The zero-order chi connectivity index (χ0) is 24.1. The van der Waals surface area contributed by atoms with Crippen LogP contribution in [0.3, 0.4) is 0 Å². The third-order valence-electron chi connectivity index (χ3n) is 3.96. The Balaban J connectivity index is 0.000000492. The zero-order valence-corrected chi connectivity index (χ0v) is 18.8. The summed E-state index contributed by atoms with van der Waals surface area (Å²) in [6.07, 6.45) is -8.21. The SMILES string of the molecule is FC(F)(F)CN1CCNCC1.O=C(CCl)N1CCN(CC(F)(F)F)CC1.O=C(Cl)CCl. The molecule has 2 rings (SSSR count). The molecular weight excluding hydrogens is 501 g/mol. The summed E-state index contributed by atoms with van der Waals surface area (Å²) in [5, 5.41) is 2.48. The Morgan fingerprint density at radius 3 is 1.45 bits per heavy atom. The molecule has 31 heavy (non-hydrogen) atoms. The van der Waals surface area contributed by atoms with Crippen molar-refractivity contribution in [2.45, 2.75) is 12.4 Å². The summed E-state index contributed by atoms with van der Waals surface area (Å²) in [6, 6.07) is 0. The lowest BCUT2D eigenvalue weighted by molar-refractivity contribution is -0.151. The molecule has 0 aliphatic carbocycles. The summed E-state index contributed by atoms with van der Waals surface area (Å²) in [5.41, 5.74) is 0. The summed E-state index contributed by atoms with van der Waals surface area (Å²) < 4.78 is 71.4. The average Bonchev–Trinajstić information content (AvgIpc) is 2.67. The lowest BCUT2D eigenvalue weighted by Crippen LogP contribution is -2.51. The van der Waals surface area contributed by atoms with E-state index in [-0.39, 0.29) is 30.8 Å². The van der Waals surface area contributed by atoms with Gasteiger partial charge in [-0.3, -0.25) is 19.4 Å². The summed E-state index contributed by atoms with van der Waals surface area (Å²) in [7, 11) is 0. The molecule has 2 saturated heterocycles. The highest BCUT2D eigenvalue weighted by atomic mass is 35.5. The molecule has 1 amide bonds. The monoisotopic (exact) mass is 524 g/mol. The van der Waals surface area contributed by atoms with Crippen molar-refractivity contribution >= 4 is 46.0 Å². The van der Waals surface area contributed by atoms with Crippen LogP contribution in [0.4, 0.5) is 26.3 Å². The minimum absolute atomic E-state index is 0.0957. The fourth-order valence-electron chi connectivity index (χ4n) is 2.62. The molecule has 0 spiro atoms. The minimum Gasteiger partial charge on any atom is -0.339 e. The summed E-state index contributed by atoms with van der Waals surface area (Å²) in [4.78, 5) is 24.7. The van der Waals surface area contributed by atoms with Gasteiger partial charge in [-0.25, -0.2) is 0 Å². The number of hydrogen-bond acceptors (Lipinski definition) is 5. The molecule has 0 bridgehead atoms. The summed E-state index contributed by atoms with van der Waals surface area (Å²) in [6.45, 7) is 1.79. The molecule has 0 aromatic carbocycles. The van der Waals surface area contributed by atoms with Gasteiger partial charge in [-0.15, -0.1) is 23.2 Å². The van der Waals surface area contributed by atoms with Crippen LogP contribution in [0.15, 0.2) is 0 Å². The number of alkyl halides is 8. The molecule has 2 aliphatic heterocycles. The van der Waals surface area contributed by atoms with Crippen LogP contribution in [0.2, 0.25) is 0 Å². The first kappa shape index (κ1) is 30.5. The molecular formula is C16H25Cl3F6N4O2. The Morgan fingerprint density at radius 2 is 1.13 bits per heavy atom. The molecule has 2 heterocycles. The second-order valence-corrected chi connectivity index (χ2v) is 7.49. The van der Waals surface area contributed by atoms with Crippen LogP contribution in [0.25, 0.3) is 0 Å². The molecule has 1 N–H and O–H groups in total.